The topological polar surface area (TPSA) is 76.1 Å². The molecule has 3 rings (SSSR count). The second-order valence-corrected chi connectivity index (χ2v) is 5.56. The Labute approximate surface area is 146 Å². The van der Waals surface area contributed by atoms with Crippen LogP contribution < -0.4 is 10.5 Å². The molecule has 0 fully saturated rings. The molecule has 25 heavy (non-hydrogen) atoms. The van der Waals surface area contributed by atoms with Gasteiger partial charge in [-0.25, -0.2) is 0 Å². The molecule has 122 valence electrons. The fraction of sp³-hybridized carbons (Fsp3) is 0.0476. The SMILES string of the molecule is N#Cc1ccc(-c2ccc(OCc3ccc(C(N)=O)cc3)cc2)cc1. The molecule has 0 saturated carbocycles. The molecule has 0 spiro atoms. The van der Waals surface area contributed by atoms with Gasteiger partial charge >= 0.3 is 0 Å². The first kappa shape index (κ1) is 16.3. The van der Waals surface area contributed by atoms with Gasteiger partial charge in [-0.3, -0.25) is 4.79 Å². The highest BCUT2D eigenvalue weighted by Gasteiger charge is 2.02. The van der Waals surface area contributed by atoms with E-state index in [4.69, 9.17) is 15.7 Å². The van der Waals surface area contributed by atoms with E-state index in [1.165, 1.54) is 0 Å². The second kappa shape index (κ2) is 7.33. The molecule has 0 aliphatic heterocycles. The Hall–Kier alpha value is -3.58. The van der Waals surface area contributed by atoms with E-state index in [2.05, 4.69) is 6.07 Å². The lowest BCUT2D eigenvalue weighted by Crippen LogP contribution is -2.10. The number of carbonyl (C=O) groups is 1. The maximum Gasteiger partial charge on any atom is 0.248 e. The summed E-state index contributed by atoms with van der Waals surface area (Å²) in [5.41, 5.74) is 9.41. The molecule has 0 aromatic heterocycles. The van der Waals surface area contributed by atoms with Crippen molar-refractivity contribution in [3.05, 3.63) is 89.5 Å². The minimum atomic E-state index is -0.439. The number of nitriles is 1. The summed E-state index contributed by atoms with van der Waals surface area (Å²) in [6, 6.07) is 24.4. The summed E-state index contributed by atoms with van der Waals surface area (Å²) < 4.78 is 5.76. The molecule has 0 unspecified atom stereocenters. The molecule has 4 nitrogen and oxygen atoms in total. The number of hydrogen-bond donors (Lipinski definition) is 1. The molecule has 0 heterocycles. The summed E-state index contributed by atoms with van der Waals surface area (Å²) in [6.45, 7) is 0.412. The quantitative estimate of drug-likeness (QED) is 0.771. The molecule has 0 bridgehead atoms. The van der Waals surface area contributed by atoms with Gasteiger partial charge in [-0.05, 0) is 53.1 Å². The van der Waals surface area contributed by atoms with E-state index in [0.717, 1.165) is 22.4 Å². The van der Waals surface area contributed by atoms with Crippen LogP contribution in [0, 0.1) is 11.3 Å². The van der Waals surface area contributed by atoms with Crippen molar-refractivity contribution >= 4 is 5.91 Å². The molecular weight excluding hydrogens is 312 g/mol. The van der Waals surface area contributed by atoms with Crippen molar-refractivity contribution < 1.29 is 9.53 Å². The molecular formula is C21H16N2O2. The van der Waals surface area contributed by atoms with E-state index in [1.54, 1.807) is 24.3 Å². The first-order valence-corrected chi connectivity index (χ1v) is 7.78. The molecule has 3 aromatic rings. The van der Waals surface area contributed by atoms with Gasteiger partial charge in [0.2, 0.25) is 5.91 Å². The monoisotopic (exact) mass is 328 g/mol. The molecule has 0 atom stereocenters. The maximum absolute atomic E-state index is 11.1. The fourth-order valence-corrected chi connectivity index (χ4v) is 2.41. The van der Waals surface area contributed by atoms with E-state index in [1.807, 2.05) is 48.5 Å². The van der Waals surface area contributed by atoms with Gasteiger partial charge in [0.15, 0.2) is 0 Å². The molecule has 0 aliphatic rings. The Morgan fingerprint density at radius 3 is 1.96 bits per heavy atom. The average Bonchev–Trinajstić information content (AvgIpc) is 2.67. The highest BCUT2D eigenvalue weighted by atomic mass is 16.5. The van der Waals surface area contributed by atoms with Crippen LogP contribution in [0.3, 0.4) is 0 Å². The molecule has 3 aromatic carbocycles. The van der Waals surface area contributed by atoms with Crippen molar-refractivity contribution in [2.24, 2.45) is 5.73 Å². The van der Waals surface area contributed by atoms with Crippen LogP contribution in [0.15, 0.2) is 72.8 Å². The van der Waals surface area contributed by atoms with Gasteiger partial charge in [0.1, 0.15) is 12.4 Å². The molecule has 0 radical (unpaired) electrons. The minimum Gasteiger partial charge on any atom is -0.489 e. The van der Waals surface area contributed by atoms with E-state index < -0.39 is 5.91 Å². The summed E-state index contributed by atoms with van der Waals surface area (Å²) >= 11 is 0. The Bertz CT molecular complexity index is 906. The van der Waals surface area contributed by atoms with Crippen LogP contribution in [0.5, 0.6) is 5.75 Å². The van der Waals surface area contributed by atoms with Crippen LogP contribution in [0.2, 0.25) is 0 Å². The summed E-state index contributed by atoms with van der Waals surface area (Å²) in [6.07, 6.45) is 0. The van der Waals surface area contributed by atoms with Gasteiger partial charge in [-0.15, -0.1) is 0 Å². The number of nitrogens with two attached hydrogens (primary N) is 1. The van der Waals surface area contributed by atoms with Crippen molar-refractivity contribution in [3.63, 3.8) is 0 Å². The maximum atomic E-state index is 11.1. The van der Waals surface area contributed by atoms with Gasteiger partial charge in [-0.1, -0.05) is 36.4 Å². The summed E-state index contributed by atoms with van der Waals surface area (Å²) in [5, 5.41) is 8.84. The zero-order chi connectivity index (χ0) is 17.6. The Kier molecular flexibility index (Phi) is 4.77. The standard InChI is InChI=1S/C21H16N2O2/c22-13-15-1-5-17(6-2-15)18-9-11-20(12-10-18)25-14-16-3-7-19(8-4-16)21(23)24/h1-12H,14H2,(H2,23,24). The van der Waals surface area contributed by atoms with Gasteiger partial charge in [-0.2, -0.15) is 5.26 Å². The van der Waals surface area contributed by atoms with E-state index in [-0.39, 0.29) is 0 Å². The van der Waals surface area contributed by atoms with E-state index in [0.29, 0.717) is 17.7 Å². The normalized spacial score (nSPS) is 10.0. The highest BCUT2D eigenvalue weighted by Crippen LogP contribution is 2.23. The Morgan fingerprint density at radius 2 is 1.44 bits per heavy atom. The number of ether oxygens (including phenoxy) is 1. The van der Waals surface area contributed by atoms with Crippen molar-refractivity contribution in [1.29, 1.82) is 5.26 Å². The average molecular weight is 328 g/mol. The first-order valence-electron chi connectivity index (χ1n) is 7.78. The largest absolute Gasteiger partial charge is 0.489 e. The number of benzene rings is 3. The first-order chi connectivity index (χ1) is 12.2. The number of rotatable bonds is 5. The number of carbonyl (C=O) groups excluding carboxylic acids is 1. The van der Waals surface area contributed by atoms with Crippen molar-refractivity contribution in [1.82, 2.24) is 0 Å². The van der Waals surface area contributed by atoms with Gasteiger partial charge in [0, 0.05) is 5.56 Å². The highest BCUT2D eigenvalue weighted by molar-refractivity contribution is 5.92. The number of amides is 1. The van der Waals surface area contributed by atoms with E-state index in [9.17, 15) is 4.79 Å². The second-order valence-electron chi connectivity index (χ2n) is 5.56. The Morgan fingerprint density at radius 1 is 0.880 bits per heavy atom. The number of primary amides is 1. The van der Waals surface area contributed by atoms with Crippen molar-refractivity contribution in [2.75, 3.05) is 0 Å². The molecule has 2 N–H and O–H groups in total. The van der Waals surface area contributed by atoms with Gasteiger partial charge in [0.25, 0.3) is 0 Å². The molecule has 0 saturated heterocycles. The zero-order valence-corrected chi connectivity index (χ0v) is 13.5. The summed E-state index contributed by atoms with van der Waals surface area (Å²) in [4.78, 5) is 11.1. The predicted octanol–water partition coefficient (Wildman–Crippen LogP) is 3.90. The van der Waals surface area contributed by atoms with Crippen LogP contribution in [-0.4, -0.2) is 5.91 Å². The van der Waals surface area contributed by atoms with Gasteiger partial charge < -0.3 is 10.5 Å². The van der Waals surface area contributed by atoms with Crippen LogP contribution >= 0.6 is 0 Å². The lowest BCUT2D eigenvalue weighted by molar-refractivity contribution is 0.1000. The molecule has 1 amide bonds. The third-order valence-electron chi connectivity index (χ3n) is 3.85. The predicted molar refractivity (Wildman–Crippen MR) is 95.9 cm³/mol. The number of hydrogen-bond acceptors (Lipinski definition) is 3. The zero-order valence-electron chi connectivity index (χ0n) is 13.5. The smallest absolute Gasteiger partial charge is 0.248 e. The van der Waals surface area contributed by atoms with Crippen LogP contribution in [0.4, 0.5) is 0 Å². The van der Waals surface area contributed by atoms with Crippen LogP contribution in [0.25, 0.3) is 11.1 Å². The summed E-state index contributed by atoms with van der Waals surface area (Å²) in [5.74, 6) is 0.322. The third kappa shape index (κ3) is 4.04. The fourth-order valence-electron chi connectivity index (χ4n) is 2.41. The molecule has 4 heteroatoms. The minimum absolute atomic E-state index is 0.412. The van der Waals surface area contributed by atoms with Crippen LogP contribution in [-0.2, 0) is 6.61 Å². The number of nitrogens with zero attached hydrogens (tertiary/aromatic N) is 1. The van der Waals surface area contributed by atoms with Crippen molar-refractivity contribution in [3.8, 4) is 22.9 Å². The Balaban J connectivity index is 1.64. The van der Waals surface area contributed by atoms with E-state index >= 15 is 0 Å². The summed E-state index contributed by atoms with van der Waals surface area (Å²) in [7, 11) is 0. The van der Waals surface area contributed by atoms with Crippen LogP contribution in [0.1, 0.15) is 21.5 Å². The van der Waals surface area contributed by atoms with Gasteiger partial charge in [0.05, 0.1) is 11.6 Å². The third-order valence-corrected chi connectivity index (χ3v) is 3.85. The lowest BCUT2D eigenvalue weighted by Gasteiger charge is -2.08. The lowest BCUT2D eigenvalue weighted by atomic mass is 10.0. The van der Waals surface area contributed by atoms with Crippen molar-refractivity contribution in [2.45, 2.75) is 6.61 Å². The molecule has 0 aliphatic carbocycles.